The number of quaternary nitrogens is 1. The van der Waals surface area contributed by atoms with Crippen molar-refractivity contribution in [2.75, 3.05) is 32.7 Å². The van der Waals surface area contributed by atoms with Crippen LogP contribution in [-0.2, 0) is 0 Å². The molecule has 5 heteroatoms. The van der Waals surface area contributed by atoms with Crippen molar-refractivity contribution in [2.24, 2.45) is 0 Å². The number of pyridine rings is 1. The van der Waals surface area contributed by atoms with Gasteiger partial charge in [-0.1, -0.05) is 18.2 Å². The van der Waals surface area contributed by atoms with Crippen LogP contribution in [0.25, 0.3) is 22.4 Å². The van der Waals surface area contributed by atoms with Crippen LogP contribution in [0.4, 0.5) is 0 Å². The number of nitrogens with zero attached hydrogens (tertiary/aromatic N) is 2. The molecule has 0 aliphatic carbocycles. The van der Waals surface area contributed by atoms with Crippen molar-refractivity contribution in [3.05, 3.63) is 54.3 Å². The molecule has 3 aromatic rings. The number of hydrogen-bond acceptors (Lipinski definition) is 3. The maximum atomic E-state index is 13.2. The highest BCUT2D eigenvalue weighted by Crippen LogP contribution is 2.26. The minimum absolute atomic E-state index is 0.0848. The summed E-state index contributed by atoms with van der Waals surface area (Å²) in [6, 6.07) is 13.4. The van der Waals surface area contributed by atoms with Gasteiger partial charge in [-0.05, 0) is 31.2 Å². The van der Waals surface area contributed by atoms with Crippen LogP contribution in [0, 0.1) is 0 Å². The second-order valence-corrected chi connectivity index (χ2v) is 6.45. The predicted octanol–water partition coefficient (Wildman–Crippen LogP) is 1.86. The number of piperazine rings is 1. The van der Waals surface area contributed by atoms with E-state index >= 15 is 0 Å². The zero-order chi connectivity index (χ0) is 17.2. The normalized spacial score (nSPS) is 15.6. The lowest BCUT2D eigenvalue weighted by atomic mass is 10.0. The first-order chi connectivity index (χ1) is 12.3. The fourth-order valence-corrected chi connectivity index (χ4v) is 3.45. The molecule has 1 N–H and O–H groups in total. The lowest BCUT2D eigenvalue weighted by Gasteiger charge is -2.31. The average Bonchev–Trinajstić information content (AvgIpc) is 3.21. The van der Waals surface area contributed by atoms with Crippen LogP contribution < -0.4 is 4.90 Å². The van der Waals surface area contributed by atoms with E-state index in [1.165, 1.54) is 0 Å². The van der Waals surface area contributed by atoms with Crippen LogP contribution in [0.2, 0.25) is 0 Å². The number of benzene rings is 1. The van der Waals surface area contributed by atoms with Crippen LogP contribution in [0.15, 0.2) is 53.1 Å². The zero-order valence-corrected chi connectivity index (χ0v) is 14.4. The number of nitrogens with one attached hydrogen (secondary N) is 1. The van der Waals surface area contributed by atoms with Gasteiger partial charge in [0.25, 0.3) is 5.91 Å². The van der Waals surface area contributed by atoms with Crippen LogP contribution in [-0.4, -0.2) is 48.5 Å². The van der Waals surface area contributed by atoms with Gasteiger partial charge in [-0.3, -0.25) is 4.79 Å². The molecule has 1 aromatic carbocycles. The predicted molar refractivity (Wildman–Crippen MR) is 96.6 cm³/mol. The monoisotopic (exact) mass is 336 g/mol. The van der Waals surface area contributed by atoms with Crippen molar-refractivity contribution in [3.8, 4) is 11.5 Å². The molecular weight excluding hydrogens is 314 g/mol. The van der Waals surface area contributed by atoms with Crippen LogP contribution in [0.1, 0.15) is 17.3 Å². The van der Waals surface area contributed by atoms with Crippen LogP contribution in [0.5, 0.6) is 0 Å². The Kier molecular flexibility index (Phi) is 4.24. The fourth-order valence-electron chi connectivity index (χ4n) is 3.45. The summed E-state index contributed by atoms with van der Waals surface area (Å²) in [4.78, 5) is 21.4. The van der Waals surface area contributed by atoms with Crippen molar-refractivity contribution < 1.29 is 14.1 Å². The van der Waals surface area contributed by atoms with Gasteiger partial charge in [0.2, 0.25) is 0 Å². The highest BCUT2D eigenvalue weighted by molar-refractivity contribution is 6.07. The third-order valence-electron chi connectivity index (χ3n) is 4.98. The molecular formula is C20H22N3O2+. The van der Waals surface area contributed by atoms with E-state index in [9.17, 15) is 4.79 Å². The minimum atomic E-state index is 0.0848. The van der Waals surface area contributed by atoms with Crippen molar-refractivity contribution in [1.82, 2.24) is 9.88 Å². The molecule has 0 unspecified atom stereocenters. The van der Waals surface area contributed by atoms with Crippen molar-refractivity contribution in [2.45, 2.75) is 6.92 Å². The van der Waals surface area contributed by atoms with E-state index in [1.54, 1.807) is 11.2 Å². The summed E-state index contributed by atoms with van der Waals surface area (Å²) in [6.07, 6.45) is 1.63. The van der Waals surface area contributed by atoms with Crippen molar-refractivity contribution >= 4 is 16.8 Å². The largest absolute Gasteiger partial charge is 0.463 e. The maximum Gasteiger partial charge on any atom is 0.255 e. The molecule has 0 radical (unpaired) electrons. The Balaban J connectivity index is 1.74. The molecule has 25 heavy (non-hydrogen) atoms. The molecule has 4 rings (SSSR count). The number of amides is 1. The lowest BCUT2D eigenvalue weighted by molar-refractivity contribution is -0.902. The van der Waals surface area contributed by atoms with Crippen LogP contribution in [0.3, 0.4) is 0 Å². The molecule has 1 fully saturated rings. The molecule has 3 heterocycles. The first-order valence-electron chi connectivity index (χ1n) is 8.83. The van der Waals surface area contributed by atoms with E-state index in [0.717, 1.165) is 43.6 Å². The maximum absolute atomic E-state index is 13.2. The Labute approximate surface area is 146 Å². The smallest absolute Gasteiger partial charge is 0.255 e. The molecule has 5 nitrogen and oxygen atoms in total. The fraction of sp³-hybridized carbons (Fsp3) is 0.300. The number of carbonyl (C=O) groups is 1. The third kappa shape index (κ3) is 3.03. The number of hydrogen-bond donors (Lipinski definition) is 1. The number of rotatable bonds is 3. The highest BCUT2D eigenvalue weighted by atomic mass is 16.3. The second kappa shape index (κ2) is 6.69. The van der Waals surface area contributed by atoms with E-state index in [0.29, 0.717) is 17.0 Å². The molecule has 0 atom stereocenters. The summed E-state index contributed by atoms with van der Waals surface area (Å²) in [6.45, 7) is 6.93. The Morgan fingerprint density at radius 2 is 2.00 bits per heavy atom. The van der Waals surface area contributed by atoms with E-state index in [4.69, 9.17) is 4.42 Å². The molecule has 1 aliphatic rings. The van der Waals surface area contributed by atoms with Crippen LogP contribution >= 0.6 is 0 Å². The topological polar surface area (TPSA) is 50.8 Å². The molecule has 1 amide bonds. The van der Waals surface area contributed by atoms with Gasteiger partial charge in [0.05, 0.1) is 50.1 Å². The van der Waals surface area contributed by atoms with Gasteiger partial charge in [-0.25, -0.2) is 4.98 Å². The lowest BCUT2D eigenvalue weighted by Crippen LogP contribution is -3.14. The first-order valence-corrected chi connectivity index (χ1v) is 8.83. The SMILES string of the molecule is CC[NH+]1CCN(C(=O)c2cc(-c3ccco3)nc3ccccc23)CC1. The molecule has 128 valence electrons. The summed E-state index contributed by atoms with van der Waals surface area (Å²) in [7, 11) is 0. The minimum Gasteiger partial charge on any atom is -0.463 e. The van der Waals surface area contributed by atoms with E-state index < -0.39 is 0 Å². The van der Waals surface area contributed by atoms with E-state index in [-0.39, 0.29) is 5.91 Å². The van der Waals surface area contributed by atoms with Crippen molar-refractivity contribution in [3.63, 3.8) is 0 Å². The van der Waals surface area contributed by atoms with Gasteiger partial charge in [0, 0.05) is 5.39 Å². The number of carbonyl (C=O) groups excluding carboxylic acids is 1. The Morgan fingerprint density at radius 1 is 1.20 bits per heavy atom. The van der Waals surface area contributed by atoms with Gasteiger partial charge < -0.3 is 14.2 Å². The summed E-state index contributed by atoms with van der Waals surface area (Å²) in [5.41, 5.74) is 2.22. The summed E-state index contributed by atoms with van der Waals surface area (Å²) < 4.78 is 5.49. The van der Waals surface area contributed by atoms with Gasteiger partial charge in [0.1, 0.15) is 5.69 Å². The van der Waals surface area contributed by atoms with Gasteiger partial charge >= 0.3 is 0 Å². The van der Waals surface area contributed by atoms with Gasteiger partial charge in [-0.2, -0.15) is 0 Å². The Hall–Kier alpha value is -2.66. The van der Waals surface area contributed by atoms with Crippen molar-refractivity contribution in [1.29, 1.82) is 0 Å². The molecule has 1 saturated heterocycles. The molecule has 1 aliphatic heterocycles. The number of fused-ring (bicyclic) bond motifs is 1. The Bertz CT molecular complexity index is 881. The van der Waals surface area contributed by atoms with Gasteiger partial charge in [-0.15, -0.1) is 0 Å². The third-order valence-corrected chi connectivity index (χ3v) is 4.98. The van der Waals surface area contributed by atoms with E-state index in [1.807, 2.05) is 47.4 Å². The molecule has 2 aromatic heterocycles. The summed E-state index contributed by atoms with van der Waals surface area (Å²) in [5, 5.41) is 0.896. The number of furan rings is 1. The quantitative estimate of drug-likeness (QED) is 0.794. The average molecular weight is 336 g/mol. The number of likely N-dealkylation sites (N-methyl/N-ethyl adjacent to an activating group) is 1. The molecule has 0 bridgehead atoms. The highest BCUT2D eigenvalue weighted by Gasteiger charge is 2.25. The van der Waals surface area contributed by atoms with Gasteiger partial charge in [0.15, 0.2) is 5.76 Å². The Morgan fingerprint density at radius 3 is 2.72 bits per heavy atom. The number of aromatic nitrogens is 1. The summed E-state index contributed by atoms with van der Waals surface area (Å²) in [5.74, 6) is 0.765. The standard InChI is InChI=1S/C20H21N3O2/c1-2-22-9-11-23(12-10-22)20(24)16-14-18(19-8-5-13-25-19)21-17-7-4-3-6-15(16)17/h3-8,13-14H,2,9-12H2,1H3/p+1. The molecule has 0 saturated carbocycles. The zero-order valence-electron chi connectivity index (χ0n) is 14.4. The van der Waals surface area contributed by atoms with E-state index in [2.05, 4.69) is 11.9 Å². The molecule has 0 spiro atoms. The second-order valence-electron chi connectivity index (χ2n) is 6.45. The number of para-hydroxylation sites is 1. The summed E-state index contributed by atoms with van der Waals surface area (Å²) >= 11 is 0. The first kappa shape index (κ1) is 15.8.